The maximum absolute atomic E-state index is 13.7. The fourth-order valence-corrected chi connectivity index (χ4v) is 5.94. The van der Waals surface area contributed by atoms with Crippen LogP contribution in [-0.4, -0.2) is 39.7 Å². The van der Waals surface area contributed by atoms with Gasteiger partial charge in [-0.15, -0.1) is 0 Å². The van der Waals surface area contributed by atoms with E-state index in [4.69, 9.17) is 0 Å². The number of amides is 1. The van der Waals surface area contributed by atoms with Crippen molar-refractivity contribution in [2.75, 3.05) is 18.0 Å². The molecule has 1 amide bonds. The van der Waals surface area contributed by atoms with Crippen LogP contribution >= 0.6 is 0 Å². The van der Waals surface area contributed by atoms with Gasteiger partial charge in [0.1, 0.15) is 5.82 Å². The number of aromatic nitrogens is 2. The van der Waals surface area contributed by atoms with Crippen LogP contribution in [0.5, 0.6) is 0 Å². The third-order valence-corrected chi connectivity index (χ3v) is 8.19. The summed E-state index contributed by atoms with van der Waals surface area (Å²) in [5.74, 6) is 1.48. The van der Waals surface area contributed by atoms with E-state index in [1.54, 1.807) is 12.1 Å². The average molecular weight is 495 g/mol. The van der Waals surface area contributed by atoms with Crippen LogP contribution in [0, 0.1) is 17.7 Å². The molecule has 0 unspecified atom stereocenters. The Kier molecular flexibility index (Phi) is 5.58. The Morgan fingerprint density at radius 1 is 0.865 bits per heavy atom. The van der Waals surface area contributed by atoms with Crippen molar-refractivity contribution in [3.63, 3.8) is 0 Å². The fraction of sp³-hybridized carbons (Fsp3) is 0.355. The minimum Gasteiger partial charge on any atom is -0.303 e. The Balaban J connectivity index is 1.26. The number of hydrogen-bond donors (Lipinski definition) is 0. The Morgan fingerprint density at radius 3 is 2.22 bits per heavy atom. The Morgan fingerprint density at radius 2 is 1.54 bits per heavy atom. The van der Waals surface area contributed by atoms with Gasteiger partial charge in [0, 0.05) is 36.6 Å². The van der Waals surface area contributed by atoms with E-state index >= 15 is 0 Å². The molecule has 3 aliphatic rings. The molecule has 2 aliphatic carbocycles. The van der Waals surface area contributed by atoms with Crippen molar-refractivity contribution >= 4 is 22.5 Å². The molecular formula is C31H31FN4O. The largest absolute Gasteiger partial charge is 0.303 e. The maximum Gasteiger partial charge on any atom is 0.229 e. The second-order valence-electron chi connectivity index (χ2n) is 11.0. The number of anilines is 1. The van der Waals surface area contributed by atoms with E-state index in [0.717, 1.165) is 47.2 Å². The summed E-state index contributed by atoms with van der Waals surface area (Å²) in [6.45, 7) is 2.21. The van der Waals surface area contributed by atoms with Crippen LogP contribution in [0.15, 0.2) is 79.0 Å². The molecule has 188 valence electrons. The number of carbonyl (C=O) groups is 1. The summed E-state index contributed by atoms with van der Waals surface area (Å²) in [5.41, 5.74) is 3.83. The molecule has 1 aliphatic heterocycles. The highest BCUT2D eigenvalue weighted by molar-refractivity contribution is 5.99. The van der Waals surface area contributed by atoms with E-state index in [1.165, 1.54) is 43.4 Å². The number of benzene rings is 3. The van der Waals surface area contributed by atoms with Crippen LogP contribution in [0.2, 0.25) is 0 Å². The summed E-state index contributed by atoms with van der Waals surface area (Å²) in [7, 11) is 0. The predicted molar refractivity (Wildman–Crippen MR) is 143 cm³/mol. The number of carbonyl (C=O) groups excluding carboxylic acids is 1. The second kappa shape index (κ2) is 9.10. The number of fused-ring (bicyclic) bond motifs is 1. The minimum absolute atomic E-state index is 0.0178. The van der Waals surface area contributed by atoms with E-state index in [2.05, 4.69) is 40.3 Å². The quantitative estimate of drug-likeness (QED) is 0.296. The molecule has 3 fully saturated rings. The van der Waals surface area contributed by atoms with Crippen molar-refractivity contribution < 1.29 is 9.18 Å². The maximum atomic E-state index is 13.7. The van der Waals surface area contributed by atoms with Gasteiger partial charge in [-0.2, -0.15) is 5.10 Å². The molecule has 2 heterocycles. The topological polar surface area (TPSA) is 41.4 Å². The number of nitrogens with zero attached hydrogens (tertiary/aromatic N) is 4. The van der Waals surface area contributed by atoms with Crippen LogP contribution in [0.25, 0.3) is 16.6 Å². The number of rotatable bonds is 8. The molecule has 0 bridgehead atoms. The Labute approximate surface area is 216 Å². The molecule has 2 atom stereocenters. The van der Waals surface area contributed by atoms with Crippen LogP contribution in [0.4, 0.5) is 10.1 Å². The first kappa shape index (κ1) is 22.7. The molecule has 1 saturated heterocycles. The van der Waals surface area contributed by atoms with Gasteiger partial charge in [0.25, 0.3) is 0 Å². The van der Waals surface area contributed by atoms with Gasteiger partial charge in [-0.25, -0.2) is 9.07 Å². The monoisotopic (exact) mass is 494 g/mol. The van der Waals surface area contributed by atoms with Gasteiger partial charge in [0.15, 0.2) is 0 Å². The normalized spacial score (nSPS) is 21.9. The summed E-state index contributed by atoms with van der Waals surface area (Å²) in [6.07, 6.45) is 7.63. The van der Waals surface area contributed by atoms with E-state index in [-0.39, 0.29) is 23.8 Å². The van der Waals surface area contributed by atoms with Crippen LogP contribution in [-0.2, 0) is 4.79 Å². The first-order chi connectivity index (χ1) is 18.1. The van der Waals surface area contributed by atoms with Gasteiger partial charge in [0.05, 0.1) is 23.4 Å². The standard InChI is InChI=1S/C31H31FN4O/c32-25-10-12-26(13-11-25)36-28-15-14-27(16-24(28)18-33-36)35-30(37)17-29(31(35)23-4-2-1-3-5-23)34(19-21-6-7-21)20-22-8-9-22/h1-5,10-16,18,21-22,29,31H,6-9,17,19-20H2/t29-,31+/m0/s1. The highest BCUT2D eigenvalue weighted by atomic mass is 19.1. The highest BCUT2D eigenvalue weighted by Gasteiger charge is 2.46. The Bertz CT molecular complexity index is 1410. The lowest BCUT2D eigenvalue weighted by molar-refractivity contribution is -0.117. The molecule has 37 heavy (non-hydrogen) atoms. The second-order valence-corrected chi connectivity index (χ2v) is 11.0. The van der Waals surface area contributed by atoms with Gasteiger partial charge >= 0.3 is 0 Å². The first-order valence-electron chi connectivity index (χ1n) is 13.5. The van der Waals surface area contributed by atoms with Crippen LogP contribution < -0.4 is 4.90 Å². The zero-order chi connectivity index (χ0) is 24.9. The lowest BCUT2D eigenvalue weighted by Gasteiger charge is -2.36. The lowest BCUT2D eigenvalue weighted by Crippen LogP contribution is -2.42. The molecule has 7 rings (SSSR count). The van der Waals surface area contributed by atoms with Crippen molar-refractivity contribution in [3.05, 3.63) is 90.4 Å². The highest BCUT2D eigenvalue weighted by Crippen LogP contribution is 2.44. The third kappa shape index (κ3) is 4.44. The molecule has 6 heteroatoms. The minimum atomic E-state index is -0.269. The Hall–Kier alpha value is -3.51. The first-order valence-corrected chi connectivity index (χ1v) is 13.5. The van der Waals surface area contributed by atoms with Crippen molar-refractivity contribution in [1.82, 2.24) is 14.7 Å². The van der Waals surface area contributed by atoms with Gasteiger partial charge in [-0.3, -0.25) is 9.69 Å². The molecule has 0 radical (unpaired) electrons. The molecule has 4 aromatic rings. The van der Waals surface area contributed by atoms with Gasteiger partial charge in [-0.05, 0) is 85.5 Å². The van der Waals surface area contributed by atoms with E-state index < -0.39 is 0 Å². The summed E-state index contributed by atoms with van der Waals surface area (Å²) >= 11 is 0. The molecule has 2 saturated carbocycles. The summed E-state index contributed by atoms with van der Waals surface area (Å²) in [6, 6.07) is 23.2. The SMILES string of the molecule is O=C1C[C@H](N(CC2CC2)CC2CC2)[C@@H](c2ccccc2)N1c1ccc2c(cnn2-c2ccc(F)cc2)c1. The van der Waals surface area contributed by atoms with Crippen molar-refractivity contribution in [2.24, 2.45) is 11.8 Å². The molecular weight excluding hydrogens is 463 g/mol. The smallest absolute Gasteiger partial charge is 0.229 e. The van der Waals surface area contributed by atoms with E-state index in [1.807, 2.05) is 34.0 Å². The summed E-state index contributed by atoms with van der Waals surface area (Å²) < 4.78 is 15.3. The molecule has 5 nitrogen and oxygen atoms in total. The third-order valence-electron chi connectivity index (χ3n) is 8.19. The zero-order valence-electron chi connectivity index (χ0n) is 20.8. The van der Waals surface area contributed by atoms with Crippen molar-refractivity contribution in [2.45, 2.75) is 44.2 Å². The summed E-state index contributed by atoms with van der Waals surface area (Å²) in [4.78, 5) is 18.4. The molecule has 0 spiro atoms. The van der Waals surface area contributed by atoms with Crippen molar-refractivity contribution in [3.8, 4) is 5.69 Å². The lowest BCUT2D eigenvalue weighted by atomic mass is 9.97. The van der Waals surface area contributed by atoms with E-state index in [9.17, 15) is 9.18 Å². The fourth-order valence-electron chi connectivity index (χ4n) is 5.94. The van der Waals surface area contributed by atoms with E-state index in [0.29, 0.717) is 6.42 Å². The molecule has 0 N–H and O–H groups in total. The van der Waals surface area contributed by atoms with Crippen LogP contribution in [0.1, 0.15) is 43.7 Å². The number of hydrogen-bond acceptors (Lipinski definition) is 3. The summed E-state index contributed by atoms with van der Waals surface area (Å²) in [5, 5.41) is 5.52. The van der Waals surface area contributed by atoms with Gasteiger partial charge in [-0.1, -0.05) is 30.3 Å². The predicted octanol–water partition coefficient (Wildman–Crippen LogP) is 6.13. The zero-order valence-corrected chi connectivity index (χ0v) is 20.8. The van der Waals surface area contributed by atoms with Crippen molar-refractivity contribution in [1.29, 1.82) is 0 Å². The van der Waals surface area contributed by atoms with Gasteiger partial charge < -0.3 is 4.90 Å². The van der Waals surface area contributed by atoms with Crippen LogP contribution in [0.3, 0.4) is 0 Å². The molecule has 3 aromatic carbocycles. The average Bonchev–Trinajstić information content (AvgIpc) is 3.84. The van der Waals surface area contributed by atoms with Gasteiger partial charge in [0.2, 0.25) is 5.91 Å². The molecule has 1 aromatic heterocycles. The number of halogens is 1.